The van der Waals surface area contributed by atoms with Gasteiger partial charge in [-0.15, -0.1) is 5.10 Å². The third-order valence-electron chi connectivity index (χ3n) is 8.81. The van der Waals surface area contributed by atoms with E-state index in [1.54, 1.807) is 0 Å². The van der Waals surface area contributed by atoms with E-state index in [4.69, 9.17) is 5.73 Å². The number of benzene rings is 2. The summed E-state index contributed by atoms with van der Waals surface area (Å²) in [6, 6.07) is 19.3. The topological polar surface area (TPSA) is 98.6 Å². The summed E-state index contributed by atoms with van der Waals surface area (Å²) in [6.07, 6.45) is 5.59. The van der Waals surface area contributed by atoms with Crippen LogP contribution < -0.4 is 10.6 Å². The van der Waals surface area contributed by atoms with Crippen LogP contribution in [0.4, 0.5) is 0 Å². The second-order valence-electron chi connectivity index (χ2n) is 11.0. The lowest BCUT2D eigenvalue weighted by Crippen LogP contribution is -3.20. The highest BCUT2D eigenvalue weighted by Gasteiger charge is 2.48. The van der Waals surface area contributed by atoms with E-state index in [9.17, 15) is 9.59 Å². The Morgan fingerprint density at radius 3 is 2.32 bits per heavy atom. The summed E-state index contributed by atoms with van der Waals surface area (Å²) in [5, 5.41) is 8.89. The number of aromatic nitrogens is 3. The van der Waals surface area contributed by atoms with Gasteiger partial charge in [0.1, 0.15) is 11.7 Å². The highest BCUT2D eigenvalue weighted by atomic mass is 16.2. The average molecular weight is 500 g/mol. The molecular weight excluding hydrogens is 464 g/mol. The van der Waals surface area contributed by atoms with Crippen molar-refractivity contribution >= 4 is 11.8 Å². The van der Waals surface area contributed by atoms with Crippen molar-refractivity contribution in [3.8, 4) is 22.4 Å². The van der Waals surface area contributed by atoms with Gasteiger partial charge in [-0.2, -0.15) is 0 Å². The van der Waals surface area contributed by atoms with Crippen molar-refractivity contribution < 1.29 is 14.5 Å². The summed E-state index contributed by atoms with van der Waals surface area (Å²) in [7, 11) is 0. The number of nitrogens with zero attached hydrogens (tertiary/aromatic N) is 4. The van der Waals surface area contributed by atoms with Gasteiger partial charge in [-0.25, -0.2) is 4.68 Å². The monoisotopic (exact) mass is 499 g/mol. The Morgan fingerprint density at radius 1 is 0.946 bits per heavy atom. The molecule has 4 aliphatic rings. The second-order valence-corrected chi connectivity index (χ2v) is 11.0. The van der Waals surface area contributed by atoms with E-state index in [-0.39, 0.29) is 23.7 Å². The number of hydrogen-bond donors (Lipinski definition) is 2. The van der Waals surface area contributed by atoms with E-state index in [0.717, 1.165) is 43.7 Å². The fraction of sp³-hybridized carbons (Fsp3) is 0.448. The highest BCUT2D eigenvalue weighted by molar-refractivity contribution is 5.81. The third kappa shape index (κ3) is 4.90. The molecule has 4 atom stereocenters. The van der Waals surface area contributed by atoms with Crippen LogP contribution in [0, 0.1) is 17.8 Å². The van der Waals surface area contributed by atoms with E-state index in [2.05, 4.69) is 58.8 Å². The van der Waals surface area contributed by atoms with Gasteiger partial charge in [0.25, 0.3) is 0 Å². The molecule has 3 aromatic rings. The Labute approximate surface area is 217 Å². The Bertz CT molecular complexity index is 1250. The molecule has 1 aromatic heterocycles. The van der Waals surface area contributed by atoms with E-state index in [1.165, 1.54) is 16.0 Å². The Hall–Kier alpha value is -3.52. The Balaban J connectivity index is 1.06. The number of primary amides is 1. The zero-order valence-corrected chi connectivity index (χ0v) is 21.1. The first-order valence-electron chi connectivity index (χ1n) is 13.5. The highest BCUT2D eigenvalue weighted by Crippen LogP contribution is 2.31. The first kappa shape index (κ1) is 23.9. The van der Waals surface area contributed by atoms with E-state index < -0.39 is 0 Å². The van der Waals surface area contributed by atoms with Crippen LogP contribution in [0.3, 0.4) is 0 Å². The van der Waals surface area contributed by atoms with Crippen LogP contribution in [0.5, 0.6) is 0 Å². The summed E-state index contributed by atoms with van der Waals surface area (Å²) >= 11 is 0. The summed E-state index contributed by atoms with van der Waals surface area (Å²) in [5.74, 6) is 0.491. The van der Waals surface area contributed by atoms with Gasteiger partial charge < -0.3 is 15.5 Å². The average Bonchev–Trinajstić information content (AvgIpc) is 3.42. The zero-order chi connectivity index (χ0) is 25.4. The van der Waals surface area contributed by atoms with E-state index in [1.807, 2.05) is 21.8 Å². The number of fused-ring (bicyclic) bond motifs is 3. The molecule has 7 rings (SSSR count). The molecule has 0 radical (unpaired) electrons. The standard InChI is InChI=1S/C29H34N6O2/c30-28(36)23-10-13-33(14-11-23)29(37)26-18-34-15-12-24(26)16-25(34)17-35-19-27(31-32-35)22-8-6-21(7-9-22)20-4-2-1-3-5-20/h1-9,19,23-26H,10-18H2,(H2,30,36)/p+1/t24-,25+,26-/m0/s1. The van der Waals surface area contributed by atoms with Crippen molar-refractivity contribution in [3.63, 3.8) is 0 Å². The van der Waals surface area contributed by atoms with Gasteiger partial charge in [0.05, 0.1) is 31.7 Å². The lowest BCUT2D eigenvalue weighted by atomic mass is 9.74. The second kappa shape index (κ2) is 10.1. The molecule has 5 heterocycles. The molecule has 0 aliphatic carbocycles. The van der Waals surface area contributed by atoms with Gasteiger partial charge >= 0.3 is 0 Å². The summed E-state index contributed by atoms with van der Waals surface area (Å²) < 4.78 is 1.98. The van der Waals surface area contributed by atoms with Crippen molar-refractivity contribution in [2.24, 2.45) is 23.5 Å². The fourth-order valence-corrected chi connectivity index (χ4v) is 6.63. The molecule has 2 aromatic carbocycles. The van der Waals surface area contributed by atoms with Crippen LogP contribution in [-0.4, -0.2) is 63.9 Å². The van der Waals surface area contributed by atoms with Gasteiger partial charge in [-0.3, -0.25) is 9.59 Å². The van der Waals surface area contributed by atoms with Gasteiger partial charge in [0.15, 0.2) is 0 Å². The molecule has 4 aliphatic heterocycles. The first-order valence-corrected chi connectivity index (χ1v) is 13.5. The number of carbonyl (C=O) groups is 2. The molecule has 4 fully saturated rings. The maximum Gasteiger partial charge on any atom is 0.231 e. The summed E-state index contributed by atoms with van der Waals surface area (Å²) in [5.41, 5.74) is 9.81. The molecule has 3 N–H and O–H groups in total. The number of carbonyl (C=O) groups excluding carboxylic acids is 2. The van der Waals surface area contributed by atoms with Gasteiger partial charge in [0.2, 0.25) is 11.8 Å². The Morgan fingerprint density at radius 2 is 1.65 bits per heavy atom. The number of nitrogens with two attached hydrogens (primary N) is 1. The minimum absolute atomic E-state index is 0.0833. The molecular formula is C29H35N6O2+. The molecule has 0 spiro atoms. The molecule has 37 heavy (non-hydrogen) atoms. The van der Waals surface area contributed by atoms with Crippen molar-refractivity contribution in [1.29, 1.82) is 0 Å². The normalized spacial score (nSPS) is 25.8. The lowest BCUT2D eigenvalue weighted by molar-refractivity contribution is -0.945. The fourth-order valence-electron chi connectivity index (χ4n) is 6.63. The van der Waals surface area contributed by atoms with Gasteiger partial charge in [-0.05, 0) is 29.9 Å². The van der Waals surface area contributed by atoms with E-state index >= 15 is 0 Å². The van der Waals surface area contributed by atoms with Crippen LogP contribution in [-0.2, 0) is 16.1 Å². The molecule has 2 amide bonds. The van der Waals surface area contributed by atoms with Gasteiger partial charge in [0, 0.05) is 37.4 Å². The van der Waals surface area contributed by atoms with Gasteiger partial charge in [-0.1, -0.05) is 59.8 Å². The van der Waals surface area contributed by atoms with Crippen molar-refractivity contribution in [2.45, 2.75) is 38.3 Å². The predicted molar refractivity (Wildman–Crippen MR) is 140 cm³/mol. The summed E-state index contributed by atoms with van der Waals surface area (Å²) in [6.45, 7) is 4.15. The maximum absolute atomic E-state index is 13.3. The van der Waals surface area contributed by atoms with Crippen LogP contribution in [0.25, 0.3) is 22.4 Å². The summed E-state index contributed by atoms with van der Waals surface area (Å²) in [4.78, 5) is 28.3. The smallest absolute Gasteiger partial charge is 0.231 e. The molecule has 1 unspecified atom stereocenters. The van der Waals surface area contributed by atoms with Crippen LogP contribution >= 0.6 is 0 Å². The van der Waals surface area contributed by atoms with Crippen LogP contribution in [0.2, 0.25) is 0 Å². The largest absolute Gasteiger partial charge is 0.369 e. The molecule has 8 nitrogen and oxygen atoms in total. The number of rotatable bonds is 6. The van der Waals surface area contributed by atoms with Crippen LogP contribution in [0.1, 0.15) is 25.7 Å². The molecule has 2 bridgehead atoms. The number of quaternary nitrogens is 1. The molecule has 8 heteroatoms. The number of hydrogen-bond acceptors (Lipinski definition) is 4. The number of likely N-dealkylation sites (tertiary alicyclic amines) is 1. The van der Waals surface area contributed by atoms with E-state index in [0.29, 0.717) is 37.9 Å². The lowest BCUT2D eigenvalue weighted by Gasteiger charge is -2.47. The number of amides is 2. The Kier molecular flexibility index (Phi) is 6.50. The third-order valence-corrected chi connectivity index (χ3v) is 8.81. The minimum atomic E-state index is -0.234. The SMILES string of the molecule is NC(=O)C1CCN(C(=O)[C@H]2C[NH+]3CC[C@H]2C[C@@H]3Cn2cc(-c3ccc(-c4ccccc4)cc3)nn2)CC1. The van der Waals surface area contributed by atoms with Crippen molar-refractivity contribution in [3.05, 3.63) is 60.8 Å². The molecule has 0 saturated carbocycles. The number of nitrogens with one attached hydrogen (secondary N) is 1. The first-order chi connectivity index (χ1) is 18.0. The minimum Gasteiger partial charge on any atom is -0.369 e. The van der Waals surface area contributed by atoms with Crippen molar-refractivity contribution in [1.82, 2.24) is 19.9 Å². The quantitative estimate of drug-likeness (QED) is 0.539. The number of piperidine rings is 4. The zero-order valence-electron chi connectivity index (χ0n) is 21.1. The predicted octanol–water partition coefficient (Wildman–Crippen LogP) is 1.63. The van der Waals surface area contributed by atoms with Crippen LogP contribution in [0.15, 0.2) is 60.8 Å². The molecule has 4 saturated heterocycles. The van der Waals surface area contributed by atoms with Crippen molar-refractivity contribution in [2.75, 3.05) is 26.2 Å². The molecule has 192 valence electrons. The maximum atomic E-state index is 13.3.